The quantitative estimate of drug-likeness (QED) is 0.654. The summed E-state index contributed by atoms with van der Waals surface area (Å²) in [6, 6.07) is 8.73. The molecule has 0 spiro atoms. The van der Waals surface area contributed by atoms with E-state index in [9.17, 15) is 13.6 Å². The van der Waals surface area contributed by atoms with E-state index in [1.165, 1.54) is 6.07 Å². The van der Waals surface area contributed by atoms with E-state index in [1.807, 2.05) is 32.1 Å². The van der Waals surface area contributed by atoms with Gasteiger partial charge in [-0.15, -0.1) is 0 Å². The lowest BCUT2D eigenvalue weighted by atomic mass is 9.81. The maximum atomic E-state index is 13.4. The number of benzene rings is 1. The molecule has 1 aliphatic rings. The van der Waals surface area contributed by atoms with Crippen LogP contribution in [0.5, 0.6) is 5.75 Å². The van der Waals surface area contributed by atoms with Crippen molar-refractivity contribution in [2.75, 3.05) is 13.7 Å². The molecule has 0 bridgehead atoms. The van der Waals surface area contributed by atoms with Crippen molar-refractivity contribution in [1.82, 2.24) is 15.2 Å². The molecule has 0 saturated carbocycles. The topological polar surface area (TPSA) is 54.5 Å². The molecule has 0 aliphatic carbocycles. The summed E-state index contributed by atoms with van der Waals surface area (Å²) in [4.78, 5) is 19.2. The van der Waals surface area contributed by atoms with E-state index in [2.05, 4.69) is 21.1 Å². The smallest absolute Gasteiger partial charge is 0.387 e. The van der Waals surface area contributed by atoms with Gasteiger partial charge in [0, 0.05) is 19.4 Å². The van der Waals surface area contributed by atoms with Crippen molar-refractivity contribution in [2.45, 2.75) is 39.3 Å². The average molecular weight is 427 g/mol. The van der Waals surface area contributed by atoms with Gasteiger partial charge in [0.05, 0.1) is 6.67 Å². The fourth-order valence-corrected chi connectivity index (χ4v) is 3.90. The van der Waals surface area contributed by atoms with E-state index in [1.54, 1.807) is 43.4 Å². The number of alkyl halides is 2. The zero-order valence-electron chi connectivity index (χ0n) is 18.2. The Morgan fingerprint density at radius 2 is 2.16 bits per heavy atom. The van der Waals surface area contributed by atoms with Crippen LogP contribution in [0, 0.1) is 6.92 Å². The van der Waals surface area contributed by atoms with Crippen LogP contribution in [-0.2, 0) is 10.3 Å². The van der Waals surface area contributed by atoms with Crippen molar-refractivity contribution >= 4 is 11.5 Å². The van der Waals surface area contributed by atoms with E-state index in [-0.39, 0.29) is 11.7 Å². The van der Waals surface area contributed by atoms with Crippen molar-refractivity contribution in [2.24, 2.45) is 0 Å². The van der Waals surface area contributed by atoms with Gasteiger partial charge < -0.3 is 9.64 Å². The van der Waals surface area contributed by atoms with E-state index < -0.39 is 12.2 Å². The lowest BCUT2D eigenvalue weighted by Gasteiger charge is -2.30. The third kappa shape index (κ3) is 4.51. The number of pyridine rings is 1. The molecule has 164 valence electrons. The zero-order valence-corrected chi connectivity index (χ0v) is 18.2. The molecule has 0 radical (unpaired) electrons. The minimum Gasteiger partial charge on any atom is -0.435 e. The number of carbonyl (C=O) groups excluding carboxylic acids is 1. The second-order valence-electron chi connectivity index (χ2n) is 7.58. The number of rotatable bonds is 7. The van der Waals surface area contributed by atoms with Crippen molar-refractivity contribution in [3.63, 3.8) is 0 Å². The summed E-state index contributed by atoms with van der Waals surface area (Å²) >= 11 is 0. The summed E-state index contributed by atoms with van der Waals surface area (Å²) in [6.07, 6.45) is 8.40. The Labute approximate surface area is 181 Å². The average Bonchev–Trinajstić information content (AvgIpc) is 3.05. The largest absolute Gasteiger partial charge is 0.435 e. The molecule has 3 rings (SSSR count). The van der Waals surface area contributed by atoms with Crippen LogP contribution in [0.2, 0.25) is 0 Å². The van der Waals surface area contributed by atoms with Crippen LogP contribution >= 0.6 is 0 Å². The molecule has 7 heteroatoms. The van der Waals surface area contributed by atoms with Gasteiger partial charge in [0.25, 0.3) is 5.91 Å². The molecule has 2 aromatic rings. The van der Waals surface area contributed by atoms with Gasteiger partial charge in [-0.3, -0.25) is 15.1 Å². The van der Waals surface area contributed by atoms with Crippen LogP contribution < -0.4 is 10.1 Å². The molecule has 1 saturated heterocycles. The number of aryl methyl sites for hydroxylation is 1. The molecule has 2 heterocycles. The molecule has 1 atom stereocenters. The highest BCUT2D eigenvalue weighted by atomic mass is 19.3. The lowest BCUT2D eigenvalue weighted by molar-refractivity contribution is -0.130. The summed E-state index contributed by atoms with van der Waals surface area (Å²) in [6.45, 7) is 3.11. The highest BCUT2D eigenvalue weighted by Gasteiger charge is 2.48. The van der Waals surface area contributed by atoms with Gasteiger partial charge in [-0.05, 0) is 66.3 Å². The molecule has 1 aromatic heterocycles. The Hall–Kier alpha value is -3.06. The number of halogens is 2. The van der Waals surface area contributed by atoms with Crippen LogP contribution in [0.25, 0.3) is 5.57 Å². The van der Waals surface area contributed by atoms with Crippen LogP contribution in [0.3, 0.4) is 0 Å². The van der Waals surface area contributed by atoms with E-state index >= 15 is 0 Å². The Bertz CT molecular complexity index is 1010. The number of aromatic nitrogens is 1. The highest BCUT2D eigenvalue weighted by Crippen LogP contribution is 2.38. The zero-order chi connectivity index (χ0) is 22.6. The predicted molar refractivity (Wildman–Crippen MR) is 117 cm³/mol. The number of hydrogen-bond acceptors (Lipinski definition) is 4. The summed E-state index contributed by atoms with van der Waals surface area (Å²) in [5.41, 5.74) is 2.83. The first-order valence-electron chi connectivity index (χ1n) is 10.2. The number of amides is 1. The predicted octanol–water partition coefficient (Wildman–Crippen LogP) is 4.65. The van der Waals surface area contributed by atoms with E-state index in [0.717, 1.165) is 23.1 Å². The van der Waals surface area contributed by atoms with Gasteiger partial charge in [0.15, 0.2) is 0 Å². The number of likely N-dealkylation sites (N-methyl/N-ethyl adjacent to an activating group) is 1. The van der Waals surface area contributed by atoms with Gasteiger partial charge in [0.1, 0.15) is 11.3 Å². The Balaban J connectivity index is 2.11. The monoisotopic (exact) mass is 427 g/mol. The van der Waals surface area contributed by atoms with Gasteiger partial charge in [-0.2, -0.15) is 8.78 Å². The molecule has 5 nitrogen and oxygen atoms in total. The van der Waals surface area contributed by atoms with E-state index in [4.69, 9.17) is 0 Å². The molecule has 1 unspecified atom stereocenters. The van der Waals surface area contributed by atoms with Crippen LogP contribution in [0.15, 0.2) is 60.5 Å². The first kappa shape index (κ1) is 22.6. The Kier molecular flexibility index (Phi) is 6.85. The standard InChI is InChI=1S/C24H27F2N3O2/c1-5-7-18(19-8-6-11-27-14-19)13-17(3)24(22(30)29(4)15-28-24)20-9-10-21(16(2)12-20)31-23(25)26/h6-14,23,28H,5,15H2,1-4H3/b17-13+,18-7+. The Morgan fingerprint density at radius 1 is 1.39 bits per heavy atom. The number of carbonyl (C=O) groups is 1. The van der Waals surface area contributed by atoms with Crippen LogP contribution in [0.4, 0.5) is 8.78 Å². The minimum absolute atomic E-state index is 0.0938. The van der Waals surface area contributed by atoms with Gasteiger partial charge in [-0.25, -0.2) is 0 Å². The normalized spacial score (nSPS) is 20.0. The number of hydrogen-bond donors (Lipinski definition) is 1. The van der Waals surface area contributed by atoms with Crippen molar-refractivity contribution in [3.8, 4) is 5.75 Å². The second kappa shape index (κ2) is 9.39. The lowest BCUT2D eigenvalue weighted by Crippen LogP contribution is -2.44. The minimum atomic E-state index is -2.90. The third-order valence-electron chi connectivity index (χ3n) is 5.46. The second-order valence-corrected chi connectivity index (χ2v) is 7.58. The SMILES string of the molecule is CC/C=C(\C=C(/C)C1(c2ccc(OC(F)F)c(C)c2)NCN(C)C1=O)c1cccnc1. The molecule has 1 N–H and O–H groups in total. The fourth-order valence-electron chi connectivity index (χ4n) is 3.90. The van der Waals surface area contributed by atoms with Crippen molar-refractivity contribution < 1.29 is 18.3 Å². The fraction of sp³-hybridized carbons (Fsp3) is 0.333. The van der Waals surface area contributed by atoms with Gasteiger partial charge in [0.2, 0.25) is 0 Å². The molecule has 1 aliphatic heterocycles. The highest BCUT2D eigenvalue weighted by molar-refractivity contribution is 5.94. The summed E-state index contributed by atoms with van der Waals surface area (Å²) in [7, 11) is 1.73. The molecule has 1 fully saturated rings. The summed E-state index contributed by atoms with van der Waals surface area (Å²) in [5, 5.41) is 3.35. The number of nitrogens with zero attached hydrogens (tertiary/aromatic N) is 2. The third-order valence-corrected chi connectivity index (χ3v) is 5.46. The maximum absolute atomic E-state index is 13.4. The first-order chi connectivity index (χ1) is 14.8. The van der Waals surface area contributed by atoms with Gasteiger partial charge >= 0.3 is 6.61 Å². The van der Waals surface area contributed by atoms with Crippen molar-refractivity contribution in [1.29, 1.82) is 0 Å². The van der Waals surface area contributed by atoms with Crippen LogP contribution in [0.1, 0.15) is 37.0 Å². The summed E-state index contributed by atoms with van der Waals surface area (Å²) in [5.74, 6) is -0.0125. The van der Waals surface area contributed by atoms with E-state index in [0.29, 0.717) is 17.8 Å². The number of ether oxygens (including phenoxy) is 1. The number of nitrogens with one attached hydrogen (secondary N) is 1. The van der Waals surface area contributed by atoms with Crippen LogP contribution in [-0.4, -0.2) is 36.1 Å². The number of allylic oxidation sites excluding steroid dienone is 3. The summed E-state index contributed by atoms with van der Waals surface area (Å²) < 4.78 is 29.9. The molecular formula is C24H27F2N3O2. The maximum Gasteiger partial charge on any atom is 0.387 e. The van der Waals surface area contributed by atoms with Gasteiger partial charge in [-0.1, -0.05) is 31.2 Å². The molecule has 31 heavy (non-hydrogen) atoms. The molecular weight excluding hydrogens is 400 g/mol. The van der Waals surface area contributed by atoms with Crippen molar-refractivity contribution in [3.05, 3.63) is 77.1 Å². The Morgan fingerprint density at radius 3 is 2.71 bits per heavy atom. The molecule has 1 aromatic carbocycles. The first-order valence-corrected chi connectivity index (χ1v) is 10.2. The molecule has 1 amide bonds.